The monoisotopic (exact) mass is 504 g/mol. The number of hydrogen-bond acceptors (Lipinski definition) is 5. The number of epoxide rings is 1. The van der Waals surface area contributed by atoms with Crippen LogP contribution in [0.3, 0.4) is 0 Å². The Kier molecular flexibility index (Phi) is 10.2. The number of allylic oxidation sites excluding steroid dienone is 3. The van der Waals surface area contributed by atoms with Crippen LogP contribution in [0.15, 0.2) is 34.9 Å². The van der Waals surface area contributed by atoms with Crippen molar-refractivity contribution in [2.45, 2.75) is 124 Å². The Morgan fingerprint density at radius 1 is 1.23 bits per heavy atom. The summed E-state index contributed by atoms with van der Waals surface area (Å²) < 4.78 is 16.5. The first-order chi connectivity index (χ1) is 16.2. The fourth-order valence-electron chi connectivity index (χ4n) is 4.97. The average molecular weight is 505 g/mol. The van der Waals surface area contributed by atoms with Gasteiger partial charge in [-0.25, -0.2) is 9.59 Å². The fourth-order valence-corrected chi connectivity index (χ4v) is 6.67. The van der Waals surface area contributed by atoms with Crippen LogP contribution in [-0.4, -0.2) is 44.4 Å². The molecule has 5 nitrogen and oxygen atoms in total. The molecule has 0 bridgehead atoms. The Labute approximate surface area is 214 Å². The van der Waals surface area contributed by atoms with Gasteiger partial charge in [-0.15, -0.1) is 0 Å². The molecule has 6 heteroatoms. The van der Waals surface area contributed by atoms with E-state index in [9.17, 15) is 9.59 Å². The molecular formula is C29H48O5Si. The molecule has 1 aliphatic heterocycles. The van der Waals surface area contributed by atoms with E-state index in [2.05, 4.69) is 39.6 Å². The molecule has 1 saturated heterocycles. The van der Waals surface area contributed by atoms with Crippen LogP contribution in [0.2, 0.25) is 25.7 Å². The fraction of sp³-hybridized carbons (Fsp3) is 0.724. The molecule has 1 unspecified atom stereocenters. The summed E-state index contributed by atoms with van der Waals surface area (Å²) in [7, 11) is -1.41. The van der Waals surface area contributed by atoms with Crippen LogP contribution in [0, 0.1) is 5.41 Å². The summed E-state index contributed by atoms with van der Waals surface area (Å²) in [5.41, 5.74) is 3.27. The minimum atomic E-state index is -1.41. The summed E-state index contributed by atoms with van der Waals surface area (Å²) in [5.74, 6) is -0.431. The number of carbonyl (C=O) groups excluding carboxylic acids is 2. The molecule has 0 radical (unpaired) electrons. The zero-order valence-electron chi connectivity index (χ0n) is 23.6. The molecule has 35 heavy (non-hydrogen) atoms. The van der Waals surface area contributed by atoms with Crippen molar-refractivity contribution in [1.82, 2.24) is 0 Å². The van der Waals surface area contributed by atoms with Gasteiger partial charge in [0.1, 0.15) is 5.60 Å². The van der Waals surface area contributed by atoms with E-state index in [0.29, 0.717) is 6.61 Å². The Balaban J connectivity index is 2.03. The number of ether oxygens (including phenoxy) is 3. The first kappa shape index (κ1) is 29.6. The molecule has 0 aromatic carbocycles. The first-order valence-electron chi connectivity index (χ1n) is 13.3. The molecule has 0 spiro atoms. The van der Waals surface area contributed by atoms with Gasteiger partial charge < -0.3 is 14.2 Å². The average Bonchev–Trinajstić information content (AvgIpc) is 3.40. The number of rotatable bonds is 12. The molecule has 0 saturated carbocycles. The van der Waals surface area contributed by atoms with E-state index in [0.717, 1.165) is 50.1 Å². The van der Waals surface area contributed by atoms with Gasteiger partial charge in [-0.05, 0) is 90.7 Å². The normalized spacial score (nSPS) is 27.5. The minimum Gasteiger partial charge on any atom is -0.463 e. The van der Waals surface area contributed by atoms with Gasteiger partial charge in [0, 0.05) is 19.7 Å². The highest BCUT2D eigenvalue weighted by molar-refractivity contribution is 6.76. The lowest BCUT2D eigenvalue weighted by molar-refractivity contribution is -0.141. The van der Waals surface area contributed by atoms with Crippen LogP contribution < -0.4 is 0 Å². The van der Waals surface area contributed by atoms with E-state index in [-0.39, 0.29) is 35.2 Å². The summed E-state index contributed by atoms with van der Waals surface area (Å²) in [6, 6.07) is 1.05. The van der Waals surface area contributed by atoms with Crippen molar-refractivity contribution < 1.29 is 23.8 Å². The number of hydrogen-bond donors (Lipinski definition) is 0. The van der Waals surface area contributed by atoms with Crippen molar-refractivity contribution in [2.75, 3.05) is 6.61 Å². The van der Waals surface area contributed by atoms with E-state index in [4.69, 9.17) is 14.2 Å². The highest BCUT2D eigenvalue weighted by atomic mass is 28.3. The second-order valence-electron chi connectivity index (χ2n) is 12.2. The zero-order chi connectivity index (χ0) is 26.4. The molecule has 0 aromatic heterocycles. The van der Waals surface area contributed by atoms with Gasteiger partial charge in [0.15, 0.2) is 0 Å². The molecule has 0 amide bonds. The van der Waals surface area contributed by atoms with Crippen molar-refractivity contribution in [1.29, 1.82) is 0 Å². The lowest BCUT2D eigenvalue weighted by Gasteiger charge is -2.40. The first-order valence-corrected chi connectivity index (χ1v) is 17.0. The van der Waals surface area contributed by atoms with E-state index in [1.165, 1.54) is 17.2 Å². The third-order valence-electron chi connectivity index (χ3n) is 7.06. The second-order valence-corrected chi connectivity index (χ2v) is 17.7. The molecule has 0 aromatic rings. The van der Waals surface area contributed by atoms with Crippen LogP contribution in [0.25, 0.3) is 0 Å². The molecule has 0 N–H and O–H groups in total. The summed E-state index contributed by atoms with van der Waals surface area (Å²) in [4.78, 5) is 24.6. The smallest absolute Gasteiger partial charge is 0.333 e. The maximum absolute atomic E-state index is 12.8. The van der Waals surface area contributed by atoms with Gasteiger partial charge in [0.05, 0.1) is 18.8 Å². The molecule has 2 aliphatic rings. The number of carbonyl (C=O) groups is 2. The van der Waals surface area contributed by atoms with Crippen molar-refractivity contribution in [3.8, 4) is 0 Å². The van der Waals surface area contributed by atoms with E-state index >= 15 is 0 Å². The third kappa shape index (κ3) is 9.05. The predicted octanol–water partition coefficient (Wildman–Crippen LogP) is 7.16. The van der Waals surface area contributed by atoms with Gasteiger partial charge in [-0.2, -0.15) is 0 Å². The van der Waals surface area contributed by atoms with Crippen LogP contribution in [0.5, 0.6) is 0 Å². The molecule has 1 aliphatic carbocycles. The summed E-state index contributed by atoms with van der Waals surface area (Å²) in [6.45, 7) is 19.7. The van der Waals surface area contributed by atoms with Crippen molar-refractivity contribution in [3.63, 3.8) is 0 Å². The Morgan fingerprint density at radius 2 is 1.91 bits per heavy atom. The lowest BCUT2D eigenvalue weighted by atomic mass is 9.69. The summed E-state index contributed by atoms with van der Waals surface area (Å²) in [5, 5.41) is 0. The second kappa shape index (κ2) is 12.0. The summed E-state index contributed by atoms with van der Waals surface area (Å²) in [6.07, 6.45) is 11.5. The molecule has 3 atom stereocenters. The Morgan fingerprint density at radius 3 is 2.51 bits per heavy atom. The van der Waals surface area contributed by atoms with Crippen LogP contribution in [0.4, 0.5) is 0 Å². The quantitative estimate of drug-likeness (QED) is 0.0927. The standard InChI is InChI=1S/C29H48O5Si/c1-10-32-27(31)23-12-11-17-28(5,24(23)20-35(7,8)9)18-15-22(4)13-14-25-29(6,34-25)19-16-26(30)33-21(2)3/h15-16,19,21,25H,10-14,17-18,20H2,1-9H3/b19-16+,22-15+/t25?,28-,29+/m1/s1. The number of esters is 2. The van der Waals surface area contributed by atoms with Crippen molar-refractivity contribution >= 4 is 20.0 Å². The maximum atomic E-state index is 12.8. The van der Waals surface area contributed by atoms with Crippen molar-refractivity contribution in [2.24, 2.45) is 5.41 Å². The SMILES string of the molecule is CCOC(=O)C1=C(C[Si](C)(C)C)[C@@](C)(C/C=C(\C)CCC2O[C@@]2(C)/C=C/C(=O)OC(C)C)CCC1. The molecule has 198 valence electrons. The van der Waals surface area contributed by atoms with Crippen LogP contribution >= 0.6 is 0 Å². The highest BCUT2D eigenvalue weighted by Crippen LogP contribution is 2.48. The van der Waals surface area contributed by atoms with Gasteiger partial charge in [0.2, 0.25) is 0 Å². The van der Waals surface area contributed by atoms with Crippen LogP contribution in [-0.2, 0) is 23.8 Å². The molecular weight excluding hydrogens is 456 g/mol. The molecule has 2 rings (SSSR count). The zero-order valence-corrected chi connectivity index (χ0v) is 24.6. The highest BCUT2D eigenvalue weighted by Gasteiger charge is 2.49. The van der Waals surface area contributed by atoms with E-state index < -0.39 is 8.07 Å². The largest absolute Gasteiger partial charge is 0.463 e. The lowest BCUT2D eigenvalue weighted by Crippen LogP contribution is -2.32. The maximum Gasteiger partial charge on any atom is 0.333 e. The molecule has 1 heterocycles. The predicted molar refractivity (Wildman–Crippen MR) is 145 cm³/mol. The third-order valence-corrected chi connectivity index (χ3v) is 8.47. The van der Waals surface area contributed by atoms with E-state index in [1.54, 1.807) is 0 Å². The Hall–Kier alpha value is -1.66. The van der Waals surface area contributed by atoms with Crippen LogP contribution in [0.1, 0.15) is 80.1 Å². The topological polar surface area (TPSA) is 65.1 Å². The minimum absolute atomic E-state index is 0.00595. The van der Waals surface area contributed by atoms with Gasteiger partial charge in [-0.1, -0.05) is 43.8 Å². The van der Waals surface area contributed by atoms with Gasteiger partial charge in [-0.3, -0.25) is 0 Å². The molecule has 1 fully saturated rings. The van der Waals surface area contributed by atoms with Gasteiger partial charge in [0.25, 0.3) is 0 Å². The Bertz CT molecular complexity index is 863. The summed E-state index contributed by atoms with van der Waals surface area (Å²) >= 11 is 0. The van der Waals surface area contributed by atoms with Gasteiger partial charge >= 0.3 is 11.9 Å². The van der Waals surface area contributed by atoms with Crippen molar-refractivity contribution in [3.05, 3.63) is 34.9 Å². The van der Waals surface area contributed by atoms with E-state index in [1.807, 2.05) is 33.8 Å².